The highest BCUT2D eigenvalue weighted by Gasteiger charge is 2.68. The van der Waals surface area contributed by atoms with Crippen molar-refractivity contribution < 1.29 is 9.90 Å². The van der Waals surface area contributed by atoms with Crippen molar-refractivity contribution in [1.29, 1.82) is 0 Å². The van der Waals surface area contributed by atoms with Gasteiger partial charge in [-0.1, -0.05) is 26.0 Å². The lowest BCUT2D eigenvalue weighted by Crippen LogP contribution is -2.65. The SMILES string of the molecule is CCC(=O)N1c2c(O)cccc2C23CCN4CCCC(CC)(CCC12)C43. The number of carbonyl (C=O) groups excluding carboxylic acids is 1. The van der Waals surface area contributed by atoms with Crippen LogP contribution in [0.15, 0.2) is 18.2 Å². The van der Waals surface area contributed by atoms with Crippen molar-refractivity contribution in [3.8, 4) is 5.75 Å². The third-order valence-electron chi connectivity index (χ3n) is 8.22. The van der Waals surface area contributed by atoms with E-state index in [0.717, 1.165) is 25.1 Å². The summed E-state index contributed by atoms with van der Waals surface area (Å²) in [5.74, 6) is 0.442. The number of fused-ring (bicyclic) bond motifs is 1. The Balaban J connectivity index is 1.75. The van der Waals surface area contributed by atoms with Crippen molar-refractivity contribution >= 4 is 11.6 Å². The first-order valence-electron chi connectivity index (χ1n) is 10.5. The van der Waals surface area contributed by atoms with Crippen LogP contribution in [-0.4, -0.2) is 41.1 Å². The van der Waals surface area contributed by atoms with Crippen LogP contribution >= 0.6 is 0 Å². The van der Waals surface area contributed by atoms with E-state index < -0.39 is 0 Å². The quantitative estimate of drug-likeness (QED) is 0.878. The molecule has 1 aromatic carbocycles. The van der Waals surface area contributed by atoms with Gasteiger partial charge in [0.05, 0.1) is 5.69 Å². The van der Waals surface area contributed by atoms with E-state index in [2.05, 4.69) is 17.9 Å². The summed E-state index contributed by atoms with van der Waals surface area (Å²) in [7, 11) is 0. The number of carbonyl (C=O) groups is 1. The Labute approximate surface area is 156 Å². The number of rotatable bonds is 2. The number of anilines is 1. The van der Waals surface area contributed by atoms with Gasteiger partial charge < -0.3 is 10.0 Å². The molecule has 1 aliphatic carbocycles. The molecule has 3 fully saturated rings. The number of hydrogen-bond acceptors (Lipinski definition) is 3. The molecule has 1 amide bonds. The van der Waals surface area contributed by atoms with E-state index in [1.807, 2.05) is 17.9 Å². The summed E-state index contributed by atoms with van der Waals surface area (Å²) in [5, 5.41) is 10.7. The first kappa shape index (κ1) is 16.6. The summed E-state index contributed by atoms with van der Waals surface area (Å²) in [6.07, 6.45) is 7.72. The predicted molar refractivity (Wildman–Crippen MR) is 103 cm³/mol. The van der Waals surface area contributed by atoms with Crippen molar-refractivity contribution in [2.24, 2.45) is 5.41 Å². The predicted octanol–water partition coefficient (Wildman–Crippen LogP) is 3.81. The van der Waals surface area contributed by atoms with Gasteiger partial charge in [0.15, 0.2) is 0 Å². The number of aromatic hydroxyl groups is 1. The van der Waals surface area contributed by atoms with Crippen molar-refractivity contribution in [2.45, 2.75) is 76.3 Å². The Morgan fingerprint density at radius 2 is 2.08 bits per heavy atom. The molecule has 0 bridgehead atoms. The Morgan fingerprint density at radius 1 is 1.23 bits per heavy atom. The maximum Gasteiger partial charge on any atom is 0.227 e. The largest absolute Gasteiger partial charge is 0.506 e. The molecule has 26 heavy (non-hydrogen) atoms. The molecule has 2 saturated heterocycles. The number of piperidine rings is 1. The van der Waals surface area contributed by atoms with Crippen LogP contribution in [0.4, 0.5) is 5.69 Å². The lowest BCUT2D eigenvalue weighted by molar-refractivity contribution is -0.119. The molecule has 4 heteroatoms. The van der Waals surface area contributed by atoms with Gasteiger partial charge in [-0.15, -0.1) is 0 Å². The van der Waals surface area contributed by atoms with E-state index in [1.165, 1.54) is 37.8 Å². The summed E-state index contributed by atoms with van der Waals surface area (Å²) in [6.45, 7) is 6.62. The maximum atomic E-state index is 13.0. The fraction of sp³-hybridized carbons (Fsp3) is 0.682. The highest BCUT2D eigenvalue weighted by Crippen LogP contribution is 2.66. The van der Waals surface area contributed by atoms with Crippen molar-refractivity contribution in [1.82, 2.24) is 4.90 Å². The highest BCUT2D eigenvalue weighted by molar-refractivity contribution is 5.99. The van der Waals surface area contributed by atoms with Gasteiger partial charge in [0, 0.05) is 23.9 Å². The maximum absolute atomic E-state index is 13.0. The van der Waals surface area contributed by atoms with Gasteiger partial charge in [0.2, 0.25) is 5.91 Å². The van der Waals surface area contributed by atoms with Gasteiger partial charge in [-0.3, -0.25) is 9.69 Å². The van der Waals surface area contributed by atoms with Crippen molar-refractivity contribution in [3.63, 3.8) is 0 Å². The topological polar surface area (TPSA) is 43.8 Å². The molecule has 0 radical (unpaired) electrons. The average molecular weight is 354 g/mol. The van der Waals surface area contributed by atoms with E-state index in [1.54, 1.807) is 6.07 Å². The van der Waals surface area contributed by atoms with Gasteiger partial charge in [0.25, 0.3) is 0 Å². The zero-order valence-corrected chi connectivity index (χ0v) is 16.0. The molecular formula is C22H30N2O2. The number of phenolic OH excluding ortho intramolecular Hbond substituents is 1. The minimum Gasteiger partial charge on any atom is -0.506 e. The molecule has 1 spiro atoms. The Hall–Kier alpha value is -1.55. The molecule has 3 heterocycles. The van der Waals surface area contributed by atoms with Crippen LogP contribution < -0.4 is 4.90 Å². The fourth-order valence-electron chi connectivity index (χ4n) is 7.31. The normalized spacial score (nSPS) is 38.0. The molecule has 4 unspecified atom stereocenters. The summed E-state index contributed by atoms with van der Waals surface area (Å²) < 4.78 is 0. The number of benzene rings is 1. The molecule has 4 aliphatic rings. The molecule has 0 aromatic heterocycles. The van der Waals surface area contributed by atoms with Crippen molar-refractivity contribution in [3.05, 3.63) is 23.8 Å². The molecule has 140 valence electrons. The van der Waals surface area contributed by atoms with Gasteiger partial charge >= 0.3 is 0 Å². The van der Waals surface area contributed by atoms with Gasteiger partial charge in [-0.05, 0) is 68.7 Å². The second-order valence-electron chi connectivity index (χ2n) is 8.89. The van der Waals surface area contributed by atoms with E-state index in [4.69, 9.17) is 0 Å². The van der Waals surface area contributed by atoms with E-state index in [-0.39, 0.29) is 23.1 Å². The van der Waals surface area contributed by atoms with E-state index >= 15 is 0 Å². The summed E-state index contributed by atoms with van der Waals surface area (Å²) >= 11 is 0. The Bertz CT molecular complexity index is 763. The monoisotopic (exact) mass is 354 g/mol. The van der Waals surface area contributed by atoms with E-state index in [0.29, 0.717) is 17.9 Å². The van der Waals surface area contributed by atoms with Crippen LogP contribution in [0.3, 0.4) is 0 Å². The Morgan fingerprint density at radius 3 is 2.85 bits per heavy atom. The number of para-hydroxylation sites is 1. The minimum absolute atomic E-state index is 0.00752. The molecule has 4 atom stereocenters. The average Bonchev–Trinajstić information content (AvgIpc) is 3.20. The van der Waals surface area contributed by atoms with Crippen LogP contribution in [0.1, 0.15) is 64.4 Å². The van der Waals surface area contributed by atoms with Gasteiger partial charge in [0.1, 0.15) is 5.75 Å². The van der Waals surface area contributed by atoms with Crippen LogP contribution in [-0.2, 0) is 10.2 Å². The van der Waals surface area contributed by atoms with Gasteiger partial charge in [-0.25, -0.2) is 0 Å². The molecular weight excluding hydrogens is 324 g/mol. The second-order valence-corrected chi connectivity index (χ2v) is 8.89. The molecule has 1 saturated carbocycles. The van der Waals surface area contributed by atoms with Crippen molar-refractivity contribution in [2.75, 3.05) is 18.0 Å². The van der Waals surface area contributed by atoms with Crippen LogP contribution in [0.25, 0.3) is 0 Å². The number of amides is 1. The number of hydrogen-bond donors (Lipinski definition) is 1. The Kier molecular flexibility index (Phi) is 3.50. The van der Waals surface area contributed by atoms with E-state index in [9.17, 15) is 9.90 Å². The van der Waals surface area contributed by atoms with Crippen LogP contribution in [0.2, 0.25) is 0 Å². The zero-order chi connectivity index (χ0) is 18.1. The highest BCUT2D eigenvalue weighted by atomic mass is 16.3. The summed E-state index contributed by atoms with van der Waals surface area (Å²) in [4.78, 5) is 17.7. The minimum atomic E-state index is 0.00752. The molecule has 1 N–H and O–H groups in total. The third kappa shape index (κ3) is 1.77. The lowest BCUT2D eigenvalue weighted by atomic mass is 9.52. The van der Waals surface area contributed by atoms with Crippen LogP contribution in [0, 0.1) is 5.41 Å². The molecule has 3 aliphatic heterocycles. The first-order valence-corrected chi connectivity index (χ1v) is 10.5. The lowest BCUT2D eigenvalue weighted by Gasteiger charge is -2.58. The number of nitrogens with zero attached hydrogens (tertiary/aromatic N) is 2. The smallest absolute Gasteiger partial charge is 0.227 e. The summed E-state index contributed by atoms with van der Waals surface area (Å²) in [5.41, 5.74) is 2.45. The summed E-state index contributed by atoms with van der Waals surface area (Å²) in [6, 6.07) is 6.67. The molecule has 5 rings (SSSR count). The molecule has 1 aromatic rings. The second kappa shape index (κ2) is 5.48. The zero-order valence-electron chi connectivity index (χ0n) is 16.0. The first-order chi connectivity index (χ1) is 12.6. The standard InChI is InChI=1S/C22H30N2O2/c1-3-18(26)24-17-9-11-21(4-2)10-6-13-23-14-12-22(17,20(21)23)15-7-5-8-16(25)19(15)24/h5,7-8,17,20,25H,3-4,6,9-14H2,1-2H3. The number of phenols is 1. The fourth-order valence-corrected chi connectivity index (χ4v) is 7.31. The third-order valence-corrected chi connectivity index (χ3v) is 8.22. The molecule has 4 nitrogen and oxygen atoms in total. The van der Waals surface area contributed by atoms with Crippen LogP contribution in [0.5, 0.6) is 5.75 Å². The van der Waals surface area contributed by atoms with Gasteiger partial charge in [-0.2, -0.15) is 0 Å².